The number of aryl methyl sites for hydroxylation is 1. The molecule has 1 nitrogen and oxygen atoms in total. The Morgan fingerprint density at radius 2 is 1.89 bits per heavy atom. The van der Waals surface area contributed by atoms with Crippen LogP contribution in [0.5, 0.6) is 0 Å². The van der Waals surface area contributed by atoms with E-state index in [-0.39, 0.29) is 17.2 Å². The van der Waals surface area contributed by atoms with E-state index in [2.05, 4.69) is 0 Å². The topological polar surface area (TPSA) is 17.1 Å². The average Bonchev–Trinajstić information content (AvgIpc) is 2.31. The molecule has 0 spiro atoms. The highest BCUT2D eigenvalue weighted by atomic mass is 35.5. The van der Waals surface area contributed by atoms with Gasteiger partial charge in [0.2, 0.25) is 0 Å². The molecule has 2 aromatic rings. The Balaban J connectivity index is 2.25. The van der Waals surface area contributed by atoms with Crippen LogP contribution in [0.1, 0.15) is 21.5 Å². The summed E-state index contributed by atoms with van der Waals surface area (Å²) in [7, 11) is 0. The fraction of sp³-hybridized carbons (Fsp3) is 0.133. The average molecular weight is 297 g/mol. The Morgan fingerprint density at radius 1 is 1.16 bits per heavy atom. The van der Waals surface area contributed by atoms with Crippen LogP contribution in [-0.4, -0.2) is 5.78 Å². The molecule has 98 valence electrons. The number of carbonyl (C=O) groups excluding carboxylic acids is 1. The van der Waals surface area contributed by atoms with Gasteiger partial charge in [-0.3, -0.25) is 4.79 Å². The summed E-state index contributed by atoms with van der Waals surface area (Å²) in [4.78, 5) is 12.1. The zero-order valence-corrected chi connectivity index (χ0v) is 11.7. The highest BCUT2D eigenvalue weighted by molar-refractivity contribution is 6.32. The molecular weight excluding hydrogens is 286 g/mol. The first-order chi connectivity index (χ1) is 8.95. The van der Waals surface area contributed by atoms with Gasteiger partial charge in [0.25, 0.3) is 0 Å². The summed E-state index contributed by atoms with van der Waals surface area (Å²) < 4.78 is 12.9. The summed E-state index contributed by atoms with van der Waals surface area (Å²) >= 11 is 11.8. The third-order valence-electron chi connectivity index (χ3n) is 2.73. The van der Waals surface area contributed by atoms with Crippen molar-refractivity contribution in [3.05, 3.63) is 69.0 Å². The Labute approximate surface area is 121 Å². The smallest absolute Gasteiger partial charge is 0.167 e. The summed E-state index contributed by atoms with van der Waals surface area (Å²) in [6.45, 7) is 1.87. The van der Waals surface area contributed by atoms with Crippen molar-refractivity contribution in [1.82, 2.24) is 0 Å². The maximum absolute atomic E-state index is 12.9. The zero-order valence-electron chi connectivity index (χ0n) is 10.2. The number of rotatable bonds is 3. The standard InChI is InChI=1S/C15H11Cl2FO/c1-9-4-11(6-12(16)5-9)15(19)7-10-2-3-13(18)8-14(10)17/h2-6,8H,7H2,1H3. The number of hydrogen-bond acceptors (Lipinski definition) is 1. The van der Waals surface area contributed by atoms with Gasteiger partial charge < -0.3 is 0 Å². The van der Waals surface area contributed by atoms with Crippen molar-refractivity contribution in [2.24, 2.45) is 0 Å². The molecule has 0 aromatic heterocycles. The second-order valence-electron chi connectivity index (χ2n) is 4.35. The predicted octanol–water partition coefficient (Wildman–Crippen LogP) is 4.87. The van der Waals surface area contributed by atoms with Crippen LogP contribution in [0.25, 0.3) is 0 Å². The predicted molar refractivity (Wildman–Crippen MR) is 75.6 cm³/mol. The Morgan fingerprint density at radius 3 is 2.53 bits per heavy atom. The van der Waals surface area contributed by atoms with E-state index in [9.17, 15) is 9.18 Å². The first kappa shape index (κ1) is 14.0. The number of Topliss-reactive ketones (excluding diaryl/α,β-unsaturated/α-hetero) is 1. The monoisotopic (exact) mass is 296 g/mol. The lowest BCUT2D eigenvalue weighted by Crippen LogP contribution is -2.04. The van der Waals surface area contributed by atoms with Crippen LogP contribution in [0.4, 0.5) is 4.39 Å². The van der Waals surface area contributed by atoms with E-state index in [4.69, 9.17) is 23.2 Å². The summed E-state index contributed by atoms with van der Waals surface area (Å²) in [5.74, 6) is -0.515. The van der Waals surface area contributed by atoms with Crippen molar-refractivity contribution in [2.45, 2.75) is 13.3 Å². The Kier molecular flexibility index (Phi) is 4.23. The summed E-state index contributed by atoms with van der Waals surface area (Å²) in [6.07, 6.45) is 0.124. The maximum atomic E-state index is 12.9. The van der Waals surface area contributed by atoms with E-state index in [1.54, 1.807) is 18.2 Å². The fourth-order valence-electron chi connectivity index (χ4n) is 1.84. The van der Waals surface area contributed by atoms with E-state index in [1.165, 1.54) is 18.2 Å². The van der Waals surface area contributed by atoms with Crippen LogP contribution in [0, 0.1) is 12.7 Å². The number of carbonyl (C=O) groups is 1. The van der Waals surface area contributed by atoms with Gasteiger partial charge in [-0.15, -0.1) is 0 Å². The molecule has 0 N–H and O–H groups in total. The highest BCUT2D eigenvalue weighted by Crippen LogP contribution is 2.21. The van der Waals surface area contributed by atoms with Crippen molar-refractivity contribution in [2.75, 3.05) is 0 Å². The minimum atomic E-state index is -0.417. The van der Waals surface area contributed by atoms with Gasteiger partial charge in [-0.05, 0) is 48.4 Å². The SMILES string of the molecule is Cc1cc(Cl)cc(C(=O)Cc2ccc(F)cc2Cl)c1. The third kappa shape index (κ3) is 3.55. The van der Waals surface area contributed by atoms with E-state index < -0.39 is 5.82 Å². The molecule has 0 saturated carbocycles. The second-order valence-corrected chi connectivity index (χ2v) is 5.20. The molecular formula is C15H11Cl2FO. The van der Waals surface area contributed by atoms with Crippen molar-refractivity contribution in [3.8, 4) is 0 Å². The lowest BCUT2D eigenvalue weighted by atomic mass is 10.0. The van der Waals surface area contributed by atoms with Crippen LogP contribution in [0.15, 0.2) is 36.4 Å². The van der Waals surface area contributed by atoms with Gasteiger partial charge in [0.1, 0.15) is 5.82 Å². The molecule has 0 aliphatic rings. The van der Waals surface area contributed by atoms with Gasteiger partial charge in [-0.2, -0.15) is 0 Å². The van der Waals surface area contributed by atoms with Crippen LogP contribution >= 0.6 is 23.2 Å². The lowest BCUT2D eigenvalue weighted by Gasteiger charge is -2.05. The molecule has 0 aliphatic heterocycles. The maximum Gasteiger partial charge on any atom is 0.167 e. The van der Waals surface area contributed by atoms with Gasteiger partial charge in [0.05, 0.1) is 0 Å². The molecule has 19 heavy (non-hydrogen) atoms. The molecule has 0 atom stereocenters. The van der Waals surface area contributed by atoms with Gasteiger partial charge in [0.15, 0.2) is 5.78 Å². The number of halogens is 3. The van der Waals surface area contributed by atoms with E-state index in [0.29, 0.717) is 16.1 Å². The number of benzene rings is 2. The van der Waals surface area contributed by atoms with Gasteiger partial charge in [-0.25, -0.2) is 4.39 Å². The summed E-state index contributed by atoms with van der Waals surface area (Å²) in [6, 6.07) is 9.18. The zero-order chi connectivity index (χ0) is 14.0. The van der Waals surface area contributed by atoms with Gasteiger partial charge in [-0.1, -0.05) is 29.3 Å². The minimum absolute atomic E-state index is 0.0980. The molecule has 2 rings (SSSR count). The summed E-state index contributed by atoms with van der Waals surface area (Å²) in [5.41, 5.74) is 2.05. The van der Waals surface area contributed by atoms with Crippen molar-refractivity contribution >= 4 is 29.0 Å². The van der Waals surface area contributed by atoms with Crippen LogP contribution in [-0.2, 0) is 6.42 Å². The van der Waals surface area contributed by atoms with Crippen molar-refractivity contribution in [1.29, 1.82) is 0 Å². The Hall–Kier alpha value is -1.38. The Bertz CT molecular complexity index is 618. The molecule has 0 aliphatic carbocycles. The van der Waals surface area contributed by atoms with Gasteiger partial charge >= 0.3 is 0 Å². The molecule has 0 heterocycles. The lowest BCUT2D eigenvalue weighted by molar-refractivity contribution is 0.0993. The molecule has 0 unspecified atom stereocenters. The number of ketones is 1. The summed E-state index contributed by atoms with van der Waals surface area (Å²) in [5, 5.41) is 0.778. The molecule has 0 saturated heterocycles. The molecule has 0 radical (unpaired) electrons. The third-order valence-corrected chi connectivity index (χ3v) is 3.30. The van der Waals surface area contributed by atoms with Crippen LogP contribution in [0.2, 0.25) is 10.0 Å². The highest BCUT2D eigenvalue weighted by Gasteiger charge is 2.11. The molecule has 4 heteroatoms. The fourth-order valence-corrected chi connectivity index (χ4v) is 2.36. The first-order valence-corrected chi connectivity index (χ1v) is 6.45. The van der Waals surface area contributed by atoms with Crippen molar-refractivity contribution < 1.29 is 9.18 Å². The molecule has 0 bridgehead atoms. The normalized spacial score (nSPS) is 10.5. The van der Waals surface area contributed by atoms with E-state index in [1.807, 2.05) is 6.92 Å². The quantitative estimate of drug-likeness (QED) is 0.739. The number of hydrogen-bond donors (Lipinski definition) is 0. The second kappa shape index (κ2) is 5.72. The molecule has 0 fully saturated rings. The van der Waals surface area contributed by atoms with Crippen molar-refractivity contribution in [3.63, 3.8) is 0 Å². The van der Waals surface area contributed by atoms with Crippen LogP contribution < -0.4 is 0 Å². The largest absolute Gasteiger partial charge is 0.294 e. The molecule has 2 aromatic carbocycles. The minimum Gasteiger partial charge on any atom is -0.294 e. The van der Waals surface area contributed by atoms with Gasteiger partial charge in [0, 0.05) is 22.0 Å². The van der Waals surface area contributed by atoms with Crippen LogP contribution in [0.3, 0.4) is 0 Å². The van der Waals surface area contributed by atoms with E-state index in [0.717, 1.165) is 5.56 Å². The first-order valence-electron chi connectivity index (χ1n) is 5.70. The van der Waals surface area contributed by atoms with E-state index >= 15 is 0 Å². The molecule has 0 amide bonds.